The molecule has 0 radical (unpaired) electrons. The lowest BCUT2D eigenvalue weighted by atomic mass is 9.96. The normalized spacial score (nSPS) is 17.2. The third kappa shape index (κ3) is 13.9. The van der Waals surface area contributed by atoms with Crippen LogP contribution in [0.4, 0.5) is 0 Å². The van der Waals surface area contributed by atoms with E-state index in [1.807, 2.05) is 32.9 Å². The Morgan fingerprint density at radius 3 is 2.30 bits per heavy atom. The summed E-state index contributed by atoms with van der Waals surface area (Å²) in [5, 5.41) is 13.3. The van der Waals surface area contributed by atoms with Gasteiger partial charge in [0.2, 0.25) is 12.3 Å². The second-order valence-corrected chi connectivity index (χ2v) is 4.98. The molecule has 0 aliphatic carbocycles. The Kier molecular flexibility index (Phi) is 17.5. The number of nitrogens with two attached hydrogens (primary N) is 2. The first-order chi connectivity index (χ1) is 11.0. The van der Waals surface area contributed by atoms with Crippen molar-refractivity contribution < 1.29 is 14.7 Å². The molecule has 23 heavy (non-hydrogen) atoms. The number of carbonyl (C=O) groups excluding carboxylic acids is 2. The molecule has 1 saturated heterocycles. The van der Waals surface area contributed by atoms with E-state index in [0.29, 0.717) is 19.4 Å². The summed E-state index contributed by atoms with van der Waals surface area (Å²) in [5.41, 5.74) is 9.52. The van der Waals surface area contributed by atoms with E-state index in [4.69, 9.17) is 10.5 Å². The Hall–Kier alpha value is -1.44. The average molecular weight is 330 g/mol. The van der Waals surface area contributed by atoms with E-state index in [-0.39, 0.29) is 18.2 Å². The number of primary amides is 2. The highest BCUT2D eigenvalue weighted by Gasteiger charge is 2.21. The molecule has 2 amide bonds. The molecule has 136 valence electrons. The van der Waals surface area contributed by atoms with Gasteiger partial charge >= 0.3 is 0 Å². The van der Waals surface area contributed by atoms with Crippen LogP contribution in [-0.4, -0.2) is 61.2 Å². The molecule has 2 atom stereocenters. The fraction of sp³-hybridized carbons (Fsp3) is 0.750. The second-order valence-electron chi connectivity index (χ2n) is 4.98. The highest BCUT2D eigenvalue weighted by Crippen LogP contribution is 2.13. The van der Waals surface area contributed by atoms with Crippen LogP contribution in [0.2, 0.25) is 0 Å². The largest absolute Gasteiger partial charge is 0.392 e. The fourth-order valence-corrected chi connectivity index (χ4v) is 2.22. The molecule has 0 unspecified atom stereocenters. The van der Waals surface area contributed by atoms with Gasteiger partial charge in [0.05, 0.1) is 6.10 Å². The smallest absolute Gasteiger partial charge is 0.220 e. The molecule has 6 N–H and O–H groups in total. The van der Waals surface area contributed by atoms with Gasteiger partial charge in [0.25, 0.3) is 0 Å². The minimum Gasteiger partial charge on any atom is -0.392 e. The average Bonchev–Trinajstić information content (AvgIpc) is 2.54. The second kappa shape index (κ2) is 16.9. The Balaban J connectivity index is 0. The van der Waals surface area contributed by atoms with Gasteiger partial charge in [-0.05, 0) is 19.8 Å². The summed E-state index contributed by atoms with van der Waals surface area (Å²) in [4.78, 5) is 22.1. The van der Waals surface area contributed by atoms with Crippen molar-refractivity contribution in [3.8, 4) is 0 Å². The van der Waals surface area contributed by atoms with Crippen LogP contribution >= 0.6 is 0 Å². The van der Waals surface area contributed by atoms with Gasteiger partial charge < -0.3 is 21.9 Å². The van der Waals surface area contributed by atoms with E-state index in [2.05, 4.69) is 16.0 Å². The van der Waals surface area contributed by atoms with Crippen molar-refractivity contribution in [2.45, 2.75) is 39.7 Å². The number of carbonyl (C=O) groups is 2. The summed E-state index contributed by atoms with van der Waals surface area (Å²) >= 11 is 0. The molecule has 1 fully saturated rings. The topological polar surface area (TPSA) is 122 Å². The van der Waals surface area contributed by atoms with Crippen molar-refractivity contribution in [1.29, 1.82) is 0 Å². The van der Waals surface area contributed by atoms with Crippen LogP contribution in [0.1, 0.15) is 33.6 Å². The Morgan fingerprint density at radius 2 is 1.87 bits per heavy atom. The summed E-state index contributed by atoms with van der Waals surface area (Å²) in [6.07, 6.45) is 4.66. The van der Waals surface area contributed by atoms with E-state index in [1.54, 1.807) is 0 Å². The van der Waals surface area contributed by atoms with Crippen LogP contribution in [0.5, 0.6) is 0 Å². The number of nitrogens with zero attached hydrogens (tertiary/aromatic N) is 1. The van der Waals surface area contributed by atoms with Crippen LogP contribution in [0.15, 0.2) is 12.2 Å². The summed E-state index contributed by atoms with van der Waals surface area (Å²) in [7, 11) is 0. The lowest BCUT2D eigenvalue weighted by molar-refractivity contribution is -0.122. The maximum absolute atomic E-state index is 11.3. The third-order valence-corrected chi connectivity index (χ3v) is 3.29. The van der Waals surface area contributed by atoms with Gasteiger partial charge in [-0.1, -0.05) is 26.0 Å². The number of piperazine rings is 1. The lowest BCUT2D eigenvalue weighted by Gasteiger charge is -2.29. The van der Waals surface area contributed by atoms with E-state index in [9.17, 15) is 9.90 Å². The highest BCUT2D eigenvalue weighted by molar-refractivity contribution is 5.76. The molecule has 0 aromatic heterocycles. The zero-order valence-corrected chi connectivity index (χ0v) is 14.7. The number of allylic oxidation sites excluding steroid dienone is 2. The Bertz CT molecular complexity index is 318. The minimum atomic E-state index is -0.481. The van der Waals surface area contributed by atoms with Gasteiger partial charge in [0.15, 0.2) is 0 Å². The molecule has 1 aliphatic rings. The number of hydrogen-bond donors (Lipinski definition) is 4. The van der Waals surface area contributed by atoms with E-state index >= 15 is 0 Å². The summed E-state index contributed by atoms with van der Waals surface area (Å²) in [5.74, 6) is -0.591. The lowest BCUT2D eigenvalue weighted by Crippen LogP contribution is -2.46. The number of hydrogen-bond acceptors (Lipinski definition) is 5. The predicted molar refractivity (Wildman–Crippen MR) is 93.6 cm³/mol. The quantitative estimate of drug-likeness (QED) is 0.382. The van der Waals surface area contributed by atoms with Crippen LogP contribution in [0, 0.1) is 5.92 Å². The van der Waals surface area contributed by atoms with Crippen molar-refractivity contribution in [1.82, 2.24) is 10.2 Å². The molecule has 1 rings (SSSR count). The van der Waals surface area contributed by atoms with Crippen molar-refractivity contribution in [3.05, 3.63) is 12.2 Å². The molecule has 0 saturated carbocycles. The molecule has 1 aliphatic heterocycles. The van der Waals surface area contributed by atoms with Crippen LogP contribution < -0.4 is 16.8 Å². The van der Waals surface area contributed by atoms with Crippen molar-refractivity contribution in [3.63, 3.8) is 0 Å². The van der Waals surface area contributed by atoms with Gasteiger partial charge in [-0.3, -0.25) is 14.5 Å². The highest BCUT2D eigenvalue weighted by atomic mass is 16.3. The first-order valence-electron chi connectivity index (χ1n) is 8.22. The van der Waals surface area contributed by atoms with Crippen LogP contribution in [0.25, 0.3) is 0 Å². The van der Waals surface area contributed by atoms with Gasteiger partial charge in [-0.15, -0.1) is 0 Å². The standard InChI is InChI=1S/C13H25N3O2.C2H6.CH3NO/c1-2-3-4-11(13(14)18)9-12(17)10-16-7-5-15-6-8-16;1-2;2-1-3/h2-3,11-12,15,17H,4-10H2,1H3,(H2,14,18);1-2H3;1H,(H2,2,3)/b3-2+;;/t11-,12+;;/m1../s1. The molecule has 0 aromatic rings. The van der Waals surface area contributed by atoms with Crippen molar-refractivity contribution >= 4 is 12.3 Å². The first kappa shape index (κ1) is 23.8. The number of aliphatic hydroxyl groups excluding tert-OH is 1. The predicted octanol–water partition coefficient (Wildman–Crippen LogP) is -0.162. The Labute approximate surface area is 140 Å². The zero-order valence-electron chi connectivity index (χ0n) is 14.7. The van der Waals surface area contributed by atoms with Gasteiger partial charge in [0.1, 0.15) is 0 Å². The van der Waals surface area contributed by atoms with Crippen LogP contribution in [-0.2, 0) is 9.59 Å². The molecule has 0 spiro atoms. The summed E-state index contributed by atoms with van der Waals surface area (Å²) < 4.78 is 0. The molecular formula is C16H34N4O3. The first-order valence-corrected chi connectivity index (χ1v) is 8.22. The monoisotopic (exact) mass is 330 g/mol. The number of rotatable bonds is 7. The van der Waals surface area contributed by atoms with Gasteiger partial charge in [-0.2, -0.15) is 0 Å². The van der Waals surface area contributed by atoms with Gasteiger partial charge in [0, 0.05) is 38.6 Å². The maximum Gasteiger partial charge on any atom is 0.220 e. The number of amides is 2. The summed E-state index contributed by atoms with van der Waals surface area (Å²) in [6, 6.07) is 0. The van der Waals surface area contributed by atoms with Crippen molar-refractivity contribution in [2.75, 3.05) is 32.7 Å². The maximum atomic E-state index is 11.3. The molecule has 0 aromatic carbocycles. The molecular weight excluding hydrogens is 296 g/mol. The van der Waals surface area contributed by atoms with Crippen LogP contribution in [0.3, 0.4) is 0 Å². The molecule has 7 heteroatoms. The Morgan fingerprint density at radius 1 is 1.35 bits per heavy atom. The third-order valence-electron chi connectivity index (χ3n) is 3.29. The number of nitrogens with one attached hydrogen (secondary N) is 1. The SMILES string of the molecule is C/C=C/C[C@H](C[C@H](O)CN1CCNCC1)C(N)=O.CC.NC=O. The summed E-state index contributed by atoms with van der Waals surface area (Å²) in [6.45, 7) is 10.4. The molecule has 1 heterocycles. The van der Waals surface area contributed by atoms with Crippen molar-refractivity contribution in [2.24, 2.45) is 17.4 Å². The number of aliphatic hydroxyl groups is 1. The molecule has 0 bridgehead atoms. The fourth-order valence-electron chi connectivity index (χ4n) is 2.22. The zero-order chi connectivity index (χ0) is 18.1. The van der Waals surface area contributed by atoms with Gasteiger partial charge in [-0.25, -0.2) is 0 Å². The molecule has 7 nitrogen and oxygen atoms in total. The minimum absolute atomic E-state index is 0.250. The van der Waals surface area contributed by atoms with E-state index in [1.165, 1.54) is 0 Å². The van der Waals surface area contributed by atoms with E-state index in [0.717, 1.165) is 26.2 Å². The van der Waals surface area contributed by atoms with E-state index < -0.39 is 6.10 Å². The number of β-amino-alcohol motifs (C(OH)–C–C–N with tert-alkyl or cyclic N) is 1.